The molecule has 0 bridgehead atoms. The maximum absolute atomic E-state index is 2.70. The SMILES string of the molecule is c1ccc(-c2ccc3c4ccccc4c4ccccc4n4c5c(cc(-c6ccccc6)cc5c3c2)B2c3c-4cc(-n4c5ccccc5c5ccccc54)cc3-n3c4ccccc4c4ccccc4c4ccc(-c5ccccc5)cc4c4cc(-c5ccccc5)cc2c43)cc1. The summed E-state index contributed by atoms with van der Waals surface area (Å²) in [4.78, 5) is 0. The lowest BCUT2D eigenvalue weighted by Gasteiger charge is -2.37. The molecule has 4 heteroatoms. The molecular weight excluding hydrogens is 1130 g/mol. The Hall–Kier alpha value is -12.2. The van der Waals surface area contributed by atoms with Crippen molar-refractivity contribution in [2.75, 3.05) is 0 Å². The van der Waals surface area contributed by atoms with Crippen LogP contribution in [0.1, 0.15) is 0 Å². The molecule has 0 N–H and O–H groups in total. The molecular formula is C90H56BN3. The highest BCUT2D eigenvalue weighted by molar-refractivity contribution is 7.00. The van der Waals surface area contributed by atoms with Crippen molar-refractivity contribution in [1.82, 2.24) is 13.7 Å². The summed E-state index contributed by atoms with van der Waals surface area (Å²) >= 11 is 0. The summed E-state index contributed by atoms with van der Waals surface area (Å²) in [6.45, 7) is -0.299. The zero-order valence-corrected chi connectivity index (χ0v) is 51.3. The molecule has 0 saturated heterocycles. The summed E-state index contributed by atoms with van der Waals surface area (Å²) in [6.07, 6.45) is 0. The number of fused-ring (bicyclic) bond motifs is 21. The van der Waals surface area contributed by atoms with E-state index in [0.717, 1.165) is 61.0 Å². The van der Waals surface area contributed by atoms with Gasteiger partial charge in [0, 0.05) is 54.7 Å². The van der Waals surface area contributed by atoms with Gasteiger partial charge in [0.05, 0.1) is 27.8 Å². The van der Waals surface area contributed by atoms with Crippen molar-refractivity contribution >= 4 is 132 Å². The largest absolute Gasteiger partial charge is 0.310 e. The third kappa shape index (κ3) is 7.81. The van der Waals surface area contributed by atoms with Gasteiger partial charge in [-0.1, -0.05) is 279 Å². The third-order valence-corrected chi connectivity index (χ3v) is 20.4. The number of benzene rings is 15. The fraction of sp³-hybridized carbons (Fsp3) is 0. The lowest BCUT2D eigenvalue weighted by molar-refractivity contribution is 1.10. The van der Waals surface area contributed by atoms with E-state index in [1.54, 1.807) is 0 Å². The van der Waals surface area contributed by atoms with Crippen LogP contribution in [-0.2, 0) is 0 Å². The van der Waals surface area contributed by atoms with Gasteiger partial charge in [0.2, 0.25) is 0 Å². The van der Waals surface area contributed by atoms with E-state index in [4.69, 9.17) is 0 Å². The Kier molecular flexibility index (Phi) is 11.5. The van der Waals surface area contributed by atoms with E-state index in [1.165, 1.54) is 125 Å². The van der Waals surface area contributed by atoms with E-state index >= 15 is 0 Å². The van der Waals surface area contributed by atoms with Crippen LogP contribution >= 0.6 is 0 Å². The van der Waals surface area contributed by atoms with Crippen LogP contribution in [0.15, 0.2) is 340 Å². The molecule has 0 amide bonds. The first kappa shape index (κ1) is 52.5. The number of aromatic nitrogens is 3. The van der Waals surface area contributed by atoms with Crippen LogP contribution in [0.5, 0.6) is 0 Å². The zero-order chi connectivity index (χ0) is 61.5. The summed E-state index contributed by atoms with van der Waals surface area (Å²) in [5, 5.41) is 16.6. The molecule has 434 valence electrons. The molecule has 15 aromatic carbocycles. The molecule has 3 aromatic heterocycles. The topological polar surface area (TPSA) is 14.8 Å². The summed E-state index contributed by atoms with van der Waals surface area (Å²) < 4.78 is 7.95. The van der Waals surface area contributed by atoms with Crippen molar-refractivity contribution in [3.05, 3.63) is 340 Å². The normalized spacial score (nSPS) is 12.2. The van der Waals surface area contributed by atoms with Crippen LogP contribution in [0.2, 0.25) is 0 Å². The molecule has 2 aliphatic rings. The first-order valence-corrected chi connectivity index (χ1v) is 32.7. The fourth-order valence-corrected chi connectivity index (χ4v) is 16.4. The summed E-state index contributed by atoms with van der Waals surface area (Å²) in [6, 6.07) is 128. The number of hydrogen-bond donors (Lipinski definition) is 0. The number of nitrogens with zero attached hydrogens (tertiary/aromatic N) is 3. The molecule has 0 aliphatic carbocycles. The number of rotatable bonds is 5. The van der Waals surface area contributed by atoms with E-state index in [2.05, 4.69) is 353 Å². The van der Waals surface area contributed by atoms with Gasteiger partial charge in [-0.05, 0) is 165 Å². The van der Waals surface area contributed by atoms with Crippen molar-refractivity contribution < 1.29 is 0 Å². The van der Waals surface area contributed by atoms with E-state index in [9.17, 15) is 0 Å². The quantitative estimate of drug-likeness (QED) is 0.153. The van der Waals surface area contributed by atoms with Crippen LogP contribution in [0, 0.1) is 0 Å². The predicted molar refractivity (Wildman–Crippen MR) is 401 cm³/mol. The summed E-state index contributed by atoms with van der Waals surface area (Å²) in [7, 11) is 0. The Bertz CT molecular complexity index is 6010. The molecule has 94 heavy (non-hydrogen) atoms. The van der Waals surface area contributed by atoms with Gasteiger partial charge in [-0.2, -0.15) is 0 Å². The first-order valence-electron chi connectivity index (χ1n) is 32.7. The van der Waals surface area contributed by atoms with Crippen LogP contribution in [0.25, 0.3) is 170 Å². The molecule has 0 radical (unpaired) electrons. The fourth-order valence-electron chi connectivity index (χ4n) is 16.4. The molecule has 2 aliphatic heterocycles. The van der Waals surface area contributed by atoms with E-state index in [0.29, 0.717) is 0 Å². The van der Waals surface area contributed by atoms with Gasteiger partial charge in [0.15, 0.2) is 0 Å². The standard InChI is InChI=1S/C90H56BN3/c1-5-25-57(26-6-1)61-45-47-70-66-33-13-15-35-68(66)72-37-17-23-43-84(72)93-86-55-65(92-82-41-21-19-39-74(82)75-40-20-22-42-83(75)92)56-87-88(86)91(80-53-63(59-29-9-3-10-30-59)51-78(89(80)93)76(70)49-61)81-54-64(60-31-11-4-12-32-60)52-79-77-50-62(58-27-7-2-8-28-58)46-48-71(77)67-34-14-16-36-69(67)73-38-18-24-44-85(73)94(87)90(79)81/h1-56H. The predicted octanol–water partition coefficient (Wildman–Crippen LogP) is 21.7. The molecule has 18 aromatic rings. The minimum atomic E-state index is -0.299. The first-order chi connectivity index (χ1) is 46.7. The van der Waals surface area contributed by atoms with Crippen molar-refractivity contribution in [2.24, 2.45) is 0 Å². The van der Waals surface area contributed by atoms with Crippen LogP contribution in [0.3, 0.4) is 0 Å². The Labute approximate surface area is 543 Å². The van der Waals surface area contributed by atoms with Gasteiger partial charge in [-0.25, -0.2) is 0 Å². The van der Waals surface area contributed by atoms with Crippen molar-refractivity contribution in [2.45, 2.75) is 0 Å². The molecule has 3 nitrogen and oxygen atoms in total. The summed E-state index contributed by atoms with van der Waals surface area (Å²) in [5.41, 5.74) is 23.3. The number of hydrogen-bond acceptors (Lipinski definition) is 0. The lowest BCUT2D eigenvalue weighted by Crippen LogP contribution is -2.60. The van der Waals surface area contributed by atoms with Gasteiger partial charge in [-0.3, -0.25) is 0 Å². The Morgan fingerprint density at radius 1 is 0.181 bits per heavy atom. The second-order valence-corrected chi connectivity index (χ2v) is 25.4. The minimum absolute atomic E-state index is 0.299. The van der Waals surface area contributed by atoms with E-state index in [-0.39, 0.29) is 6.71 Å². The lowest BCUT2D eigenvalue weighted by atomic mass is 9.34. The molecule has 0 saturated carbocycles. The maximum Gasteiger partial charge on any atom is 0.252 e. The van der Waals surface area contributed by atoms with Gasteiger partial charge >= 0.3 is 0 Å². The van der Waals surface area contributed by atoms with Crippen molar-refractivity contribution in [1.29, 1.82) is 0 Å². The average Bonchev–Trinajstić information content (AvgIpc) is 0.699. The van der Waals surface area contributed by atoms with Crippen molar-refractivity contribution in [3.8, 4) is 61.6 Å². The monoisotopic (exact) mass is 1190 g/mol. The van der Waals surface area contributed by atoms with Gasteiger partial charge in [0.1, 0.15) is 0 Å². The molecule has 0 spiro atoms. The second kappa shape index (κ2) is 20.6. The van der Waals surface area contributed by atoms with Crippen molar-refractivity contribution in [3.63, 3.8) is 0 Å². The molecule has 0 atom stereocenters. The number of para-hydroxylation sites is 4. The van der Waals surface area contributed by atoms with Crippen LogP contribution in [-0.4, -0.2) is 20.4 Å². The van der Waals surface area contributed by atoms with Crippen LogP contribution < -0.4 is 16.4 Å². The summed E-state index contributed by atoms with van der Waals surface area (Å²) in [5.74, 6) is 0. The smallest absolute Gasteiger partial charge is 0.252 e. The second-order valence-electron chi connectivity index (χ2n) is 25.4. The Morgan fingerprint density at radius 2 is 0.457 bits per heavy atom. The Morgan fingerprint density at radius 3 is 0.830 bits per heavy atom. The van der Waals surface area contributed by atoms with Gasteiger partial charge in [-0.15, -0.1) is 0 Å². The van der Waals surface area contributed by atoms with E-state index in [1.807, 2.05) is 0 Å². The third-order valence-electron chi connectivity index (χ3n) is 20.4. The highest BCUT2D eigenvalue weighted by Crippen LogP contribution is 2.45. The zero-order valence-electron chi connectivity index (χ0n) is 51.3. The van der Waals surface area contributed by atoms with E-state index < -0.39 is 0 Å². The highest BCUT2D eigenvalue weighted by Gasteiger charge is 2.41. The molecule has 0 fully saturated rings. The van der Waals surface area contributed by atoms with Gasteiger partial charge < -0.3 is 13.7 Å². The van der Waals surface area contributed by atoms with Crippen LogP contribution in [0.4, 0.5) is 0 Å². The minimum Gasteiger partial charge on any atom is -0.310 e. The molecule has 5 heterocycles. The van der Waals surface area contributed by atoms with Gasteiger partial charge in [0.25, 0.3) is 6.71 Å². The Balaban J connectivity index is 1.11. The maximum atomic E-state index is 2.70. The highest BCUT2D eigenvalue weighted by atomic mass is 15.1. The average molecular weight is 1190 g/mol. The molecule has 0 unspecified atom stereocenters. The molecule has 20 rings (SSSR count).